The highest BCUT2D eigenvalue weighted by molar-refractivity contribution is 7.21. The van der Waals surface area contributed by atoms with Crippen LogP contribution in [0.4, 0.5) is 0 Å². The first kappa shape index (κ1) is 21.2. The molecule has 0 aliphatic heterocycles. The van der Waals surface area contributed by atoms with Crippen LogP contribution in [0.5, 0.6) is 17.2 Å². The first-order chi connectivity index (χ1) is 14.9. The van der Waals surface area contributed by atoms with E-state index in [1.165, 1.54) is 10.3 Å². The number of ether oxygens (including phenoxy) is 3. The van der Waals surface area contributed by atoms with E-state index < -0.39 is 0 Å². The summed E-state index contributed by atoms with van der Waals surface area (Å²) in [6.45, 7) is 7.49. The summed E-state index contributed by atoms with van der Waals surface area (Å²) >= 11 is 1.67. The number of hydrogen-bond acceptors (Lipinski definition) is 5. The highest BCUT2D eigenvalue weighted by Gasteiger charge is 2.13. The molecule has 4 aromatic rings. The second kappa shape index (κ2) is 8.98. The highest BCUT2D eigenvalue weighted by Crippen LogP contribution is 2.36. The van der Waals surface area contributed by atoms with E-state index in [1.807, 2.05) is 48.5 Å². The van der Waals surface area contributed by atoms with E-state index in [0.717, 1.165) is 21.8 Å². The topological polar surface area (TPSA) is 40.6 Å². The van der Waals surface area contributed by atoms with E-state index >= 15 is 0 Å². The third-order valence-electron chi connectivity index (χ3n) is 5.03. The maximum Gasteiger partial charge on any atom is 0.161 e. The van der Waals surface area contributed by atoms with Gasteiger partial charge in [-0.3, -0.25) is 0 Å². The van der Waals surface area contributed by atoms with Crippen molar-refractivity contribution >= 4 is 21.6 Å². The summed E-state index contributed by atoms with van der Waals surface area (Å²) in [7, 11) is 1.65. The average Bonchev–Trinajstić information content (AvgIpc) is 3.21. The third kappa shape index (κ3) is 5.00. The minimum absolute atomic E-state index is 0.135. The van der Waals surface area contributed by atoms with Gasteiger partial charge in [-0.25, -0.2) is 4.98 Å². The number of nitrogens with zero attached hydrogens (tertiary/aromatic N) is 1. The van der Waals surface area contributed by atoms with Crippen molar-refractivity contribution in [3.63, 3.8) is 0 Å². The fourth-order valence-electron chi connectivity index (χ4n) is 3.28. The number of fused-ring (bicyclic) bond motifs is 1. The summed E-state index contributed by atoms with van der Waals surface area (Å²) < 4.78 is 18.5. The Morgan fingerprint density at radius 3 is 2.29 bits per heavy atom. The number of thiazole rings is 1. The zero-order valence-corrected chi connectivity index (χ0v) is 19.2. The first-order valence-corrected chi connectivity index (χ1v) is 11.2. The molecule has 4 nitrogen and oxygen atoms in total. The van der Waals surface area contributed by atoms with Crippen LogP contribution in [-0.2, 0) is 5.41 Å². The Balaban J connectivity index is 1.37. The van der Waals surface area contributed by atoms with Crippen LogP contribution < -0.4 is 14.2 Å². The largest absolute Gasteiger partial charge is 0.493 e. The van der Waals surface area contributed by atoms with E-state index in [1.54, 1.807) is 18.4 Å². The Morgan fingerprint density at radius 1 is 0.839 bits per heavy atom. The van der Waals surface area contributed by atoms with Gasteiger partial charge in [0.1, 0.15) is 24.0 Å². The molecule has 0 bridgehead atoms. The van der Waals surface area contributed by atoms with E-state index in [9.17, 15) is 0 Å². The van der Waals surface area contributed by atoms with Gasteiger partial charge in [-0.15, -0.1) is 11.3 Å². The fraction of sp³-hybridized carbons (Fsp3) is 0.269. The predicted molar refractivity (Wildman–Crippen MR) is 128 cm³/mol. The second-order valence-electron chi connectivity index (χ2n) is 8.32. The Kier molecular flexibility index (Phi) is 6.14. The number of para-hydroxylation sites is 1. The molecule has 4 rings (SSSR count). The van der Waals surface area contributed by atoms with Crippen molar-refractivity contribution in [3.05, 3.63) is 72.3 Å². The number of aromatic nitrogens is 1. The lowest BCUT2D eigenvalue weighted by Gasteiger charge is -2.19. The van der Waals surface area contributed by atoms with Crippen LogP contribution in [0.25, 0.3) is 20.8 Å². The quantitative estimate of drug-likeness (QED) is 0.303. The van der Waals surface area contributed by atoms with Gasteiger partial charge in [0, 0.05) is 5.56 Å². The number of hydrogen-bond donors (Lipinski definition) is 0. The van der Waals surface area contributed by atoms with E-state index in [2.05, 4.69) is 39.0 Å². The molecular formula is C26H27NO3S. The molecule has 0 aliphatic rings. The highest BCUT2D eigenvalue weighted by atomic mass is 32.1. The molecular weight excluding hydrogens is 406 g/mol. The van der Waals surface area contributed by atoms with Crippen LogP contribution in [0.15, 0.2) is 66.7 Å². The van der Waals surface area contributed by atoms with Crippen molar-refractivity contribution in [1.82, 2.24) is 4.98 Å². The van der Waals surface area contributed by atoms with Crippen molar-refractivity contribution < 1.29 is 14.2 Å². The number of rotatable bonds is 7. The summed E-state index contributed by atoms with van der Waals surface area (Å²) in [5.41, 5.74) is 3.44. The van der Waals surface area contributed by atoms with Crippen molar-refractivity contribution in [2.24, 2.45) is 0 Å². The van der Waals surface area contributed by atoms with Crippen molar-refractivity contribution in [2.45, 2.75) is 26.2 Å². The van der Waals surface area contributed by atoms with Gasteiger partial charge in [0.25, 0.3) is 0 Å². The Morgan fingerprint density at radius 2 is 1.58 bits per heavy atom. The van der Waals surface area contributed by atoms with Gasteiger partial charge in [-0.2, -0.15) is 0 Å². The van der Waals surface area contributed by atoms with E-state index in [4.69, 9.17) is 19.2 Å². The number of benzene rings is 3. The standard InChI is InChI=1S/C26H27NO3S/c1-26(2,3)19-10-12-20(13-11-19)29-15-16-30-22-14-9-18(17-23(22)28-4)25-27-21-7-5-6-8-24(21)31-25/h5-14,17H,15-16H2,1-4H3. The van der Waals surface area contributed by atoms with Crippen LogP contribution >= 0.6 is 11.3 Å². The normalized spacial score (nSPS) is 11.5. The van der Waals surface area contributed by atoms with Gasteiger partial charge in [-0.05, 0) is 53.4 Å². The summed E-state index contributed by atoms with van der Waals surface area (Å²) in [6.07, 6.45) is 0. The maximum atomic E-state index is 5.91. The lowest BCUT2D eigenvalue weighted by Crippen LogP contribution is -2.11. The van der Waals surface area contributed by atoms with Crippen LogP contribution in [-0.4, -0.2) is 25.3 Å². The lowest BCUT2D eigenvalue weighted by molar-refractivity contribution is 0.211. The molecule has 0 fully saturated rings. The minimum atomic E-state index is 0.135. The average molecular weight is 434 g/mol. The smallest absolute Gasteiger partial charge is 0.161 e. The van der Waals surface area contributed by atoms with Crippen LogP contribution in [0, 0.1) is 0 Å². The molecule has 3 aromatic carbocycles. The maximum absolute atomic E-state index is 5.91. The molecule has 5 heteroatoms. The summed E-state index contributed by atoms with van der Waals surface area (Å²) in [5, 5.41) is 0.966. The van der Waals surface area contributed by atoms with E-state index in [0.29, 0.717) is 24.7 Å². The molecule has 0 amide bonds. The Labute approximate surface area is 187 Å². The molecule has 0 saturated carbocycles. The Bertz CT molecular complexity index is 1130. The summed E-state index contributed by atoms with van der Waals surface area (Å²) in [4.78, 5) is 4.72. The molecule has 1 aromatic heterocycles. The predicted octanol–water partition coefficient (Wildman–Crippen LogP) is 6.73. The van der Waals surface area contributed by atoms with Gasteiger partial charge >= 0.3 is 0 Å². The van der Waals surface area contributed by atoms with Gasteiger partial charge in [0.15, 0.2) is 11.5 Å². The zero-order valence-electron chi connectivity index (χ0n) is 18.3. The van der Waals surface area contributed by atoms with Gasteiger partial charge in [0.05, 0.1) is 17.3 Å². The molecule has 1 heterocycles. The molecule has 160 valence electrons. The zero-order chi connectivity index (χ0) is 21.8. The molecule has 31 heavy (non-hydrogen) atoms. The fourth-order valence-corrected chi connectivity index (χ4v) is 4.24. The SMILES string of the molecule is COc1cc(-c2nc3ccccc3s2)ccc1OCCOc1ccc(C(C)(C)C)cc1. The van der Waals surface area contributed by atoms with Crippen LogP contribution in [0.1, 0.15) is 26.3 Å². The van der Waals surface area contributed by atoms with Crippen molar-refractivity contribution in [1.29, 1.82) is 0 Å². The minimum Gasteiger partial charge on any atom is -0.493 e. The third-order valence-corrected chi connectivity index (χ3v) is 6.12. The molecule has 0 unspecified atom stereocenters. The van der Waals surface area contributed by atoms with Crippen molar-refractivity contribution in [2.75, 3.05) is 20.3 Å². The Hall–Kier alpha value is -3.05. The molecule has 0 radical (unpaired) electrons. The van der Waals surface area contributed by atoms with Crippen molar-refractivity contribution in [3.8, 4) is 27.8 Å². The molecule has 0 aliphatic carbocycles. The van der Waals surface area contributed by atoms with Gasteiger partial charge < -0.3 is 14.2 Å². The molecule has 0 atom stereocenters. The molecule has 0 saturated heterocycles. The lowest BCUT2D eigenvalue weighted by atomic mass is 9.87. The number of methoxy groups -OCH3 is 1. The monoisotopic (exact) mass is 433 g/mol. The summed E-state index contributed by atoms with van der Waals surface area (Å²) in [6, 6.07) is 22.3. The second-order valence-corrected chi connectivity index (χ2v) is 9.35. The van der Waals surface area contributed by atoms with Gasteiger partial charge in [-0.1, -0.05) is 45.0 Å². The van der Waals surface area contributed by atoms with Crippen LogP contribution in [0.3, 0.4) is 0 Å². The molecule has 0 spiro atoms. The van der Waals surface area contributed by atoms with E-state index in [-0.39, 0.29) is 5.41 Å². The summed E-state index contributed by atoms with van der Waals surface area (Å²) in [5.74, 6) is 2.22. The first-order valence-electron chi connectivity index (χ1n) is 10.3. The molecule has 0 N–H and O–H groups in total. The van der Waals surface area contributed by atoms with Crippen LogP contribution in [0.2, 0.25) is 0 Å². The van der Waals surface area contributed by atoms with Gasteiger partial charge in [0.2, 0.25) is 0 Å².